The van der Waals surface area contributed by atoms with Crippen LogP contribution in [0.1, 0.15) is 67.0 Å². The summed E-state index contributed by atoms with van der Waals surface area (Å²) in [5.41, 5.74) is 1.00. The van der Waals surface area contributed by atoms with Crippen LogP contribution in [0, 0.1) is 11.8 Å². The van der Waals surface area contributed by atoms with Crippen LogP contribution < -0.4 is 16.4 Å². The fourth-order valence-electron chi connectivity index (χ4n) is 4.70. The molecule has 2 amide bonds. The molecule has 0 radical (unpaired) electrons. The van der Waals surface area contributed by atoms with E-state index in [4.69, 9.17) is 4.42 Å². The summed E-state index contributed by atoms with van der Waals surface area (Å²) >= 11 is 0. The number of ketones is 1. The second kappa shape index (κ2) is 11.8. The molecule has 1 fully saturated rings. The molecule has 1 aliphatic rings. The summed E-state index contributed by atoms with van der Waals surface area (Å²) in [6.07, 6.45) is 3.39. The molecule has 9 nitrogen and oxygen atoms in total. The van der Waals surface area contributed by atoms with Crippen molar-refractivity contribution in [2.45, 2.75) is 58.0 Å². The van der Waals surface area contributed by atoms with E-state index >= 15 is 0 Å². The first-order valence-electron chi connectivity index (χ1n) is 12.7. The van der Waals surface area contributed by atoms with Crippen LogP contribution in [0.3, 0.4) is 0 Å². The molecule has 0 saturated heterocycles. The monoisotopic (exact) mass is 504 g/mol. The number of carbonyl (C=O) groups excluding carboxylic acids is 3. The third-order valence-corrected chi connectivity index (χ3v) is 6.55. The average Bonchev–Trinajstić information content (AvgIpc) is 3.30. The number of nitrogens with one attached hydrogen (secondary N) is 2. The Morgan fingerprint density at radius 3 is 2.32 bits per heavy atom. The Labute approximate surface area is 215 Å². The zero-order valence-corrected chi connectivity index (χ0v) is 21.1. The van der Waals surface area contributed by atoms with Crippen LogP contribution in [0.2, 0.25) is 0 Å². The minimum absolute atomic E-state index is 0.0807. The van der Waals surface area contributed by atoms with Crippen molar-refractivity contribution in [1.82, 2.24) is 20.4 Å². The van der Waals surface area contributed by atoms with E-state index in [-0.39, 0.29) is 29.7 Å². The summed E-state index contributed by atoms with van der Waals surface area (Å²) in [4.78, 5) is 51.9. The second-order valence-electron chi connectivity index (χ2n) is 9.81. The molecule has 1 heterocycles. The number of rotatable bonds is 9. The van der Waals surface area contributed by atoms with Gasteiger partial charge in [-0.15, -0.1) is 5.10 Å². The molecule has 9 heteroatoms. The number of aromatic nitrogens is 2. The van der Waals surface area contributed by atoms with Crippen LogP contribution in [0.5, 0.6) is 0 Å². The topological polar surface area (TPSA) is 123 Å². The number of carbonyl (C=O) groups is 3. The molecule has 0 bridgehead atoms. The lowest BCUT2D eigenvalue weighted by molar-refractivity contribution is -0.127. The van der Waals surface area contributed by atoms with Gasteiger partial charge < -0.3 is 15.1 Å². The SMILES string of the molecule is CC(C)C[C@H](NC(=O)[C@@H]1CCCC[C@@H]1NC(=O)c1ccccc1)C(=O)c1nn(-c2ccccc2)c(=O)o1. The van der Waals surface area contributed by atoms with Gasteiger partial charge in [-0.3, -0.25) is 14.4 Å². The molecular weight excluding hydrogens is 472 g/mol. The van der Waals surface area contributed by atoms with E-state index in [1.54, 1.807) is 54.6 Å². The van der Waals surface area contributed by atoms with E-state index in [1.807, 2.05) is 19.9 Å². The normalized spacial score (nSPS) is 18.2. The molecule has 194 valence electrons. The molecule has 2 N–H and O–H groups in total. The molecule has 2 aromatic carbocycles. The van der Waals surface area contributed by atoms with Gasteiger partial charge in [0.1, 0.15) is 0 Å². The Morgan fingerprint density at radius 2 is 1.65 bits per heavy atom. The molecule has 37 heavy (non-hydrogen) atoms. The smallest absolute Gasteiger partial charge is 0.384 e. The Hall–Kier alpha value is -4.01. The van der Waals surface area contributed by atoms with Gasteiger partial charge in [-0.2, -0.15) is 4.68 Å². The van der Waals surface area contributed by atoms with E-state index in [1.165, 1.54) is 0 Å². The highest BCUT2D eigenvalue weighted by atomic mass is 16.4. The standard InChI is InChI=1S/C28H32N4O5/c1-18(2)17-23(24(33)27-31-32(28(36)37-27)20-13-7-4-8-14-20)30-26(35)21-15-9-10-16-22(21)29-25(34)19-11-5-3-6-12-19/h3-8,11-14,18,21-23H,9-10,15-17H2,1-2H3,(H,29,34)(H,30,35)/t21-,22+,23+/m1/s1. The number of hydrogen-bond acceptors (Lipinski definition) is 6. The summed E-state index contributed by atoms with van der Waals surface area (Å²) in [5, 5.41) is 9.98. The summed E-state index contributed by atoms with van der Waals surface area (Å²) in [6.45, 7) is 3.88. The fraction of sp³-hybridized carbons (Fsp3) is 0.393. The first-order valence-corrected chi connectivity index (χ1v) is 12.7. The largest absolute Gasteiger partial charge is 0.442 e. The highest BCUT2D eigenvalue weighted by molar-refractivity contribution is 5.99. The van der Waals surface area contributed by atoms with Crippen LogP contribution in [0.4, 0.5) is 0 Å². The maximum absolute atomic E-state index is 13.4. The summed E-state index contributed by atoms with van der Waals surface area (Å²) in [7, 11) is 0. The van der Waals surface area contributed by atoms with Gasteiger partial charge in [0.05, 0.1) is 17.6 Å². The van der Waals surface area contributed by atoms with Crippen molar-refractivity contribution in [2.75, 3.05) is 0 Å². The quantitative estimate of drug-likeness (QED) is 0.430. The van der Waals surface area contributed by atoms with E-state index in [9.17, 15) is 19.2 Å². The number of amides is 2. The fourth-order valence-corrected chi connectivity index (χ4v) is 4.70. The number of Topliss-reactive ketones (excluding diaryl/α,β-unsaturated/α-hetero) is 1. The summed E-state index contributed by atoms with van der Waals surface area (Å²) in [6, 6.07) is 16.3. The van der Waals surface area contributed by atoms with E-state index in [0.717, 1.165) is 17.5 Å². The average molecular weight is 505 g/mol. The second-order valence-corrected chi connectivity index (χ2v) is 9.81. The first-order chi connectivity index (χ1) is 17.8. The molecule has 0 unspecified atom stereocenters. The maximum atomic E-state index is 13.4. The maximum Gasteiger partial charge on any atom is 0.442 e. The lowest BCUT2D eigenvalue weighted by Crippen LogP contribution is -2.52. The zero-order chi connectivity index (χ0) is 26.4. The van der Waals surface area contributed by atoms with Gasteiger partial charge in [0.25, 0.3) is 11.8 Å². The third-order valence-electron chi connectivity index (χ3n) is 6.55. The lowest BCUT2D eigenvalue weighted by Gasteiger charge is -2.32. The molecule has 4 rings (SSSR count). The molecule has 1 aliphatic carbocycles. The lowest BCUT2D eigenvalue weighted by atomic mass is 9.83. The predicted molar refractivity (Wildman–Crippen MR) is 137 cm³/mol. The van der Waals surface area contributed by atoms with Crippen LogP contribution in [-0.2, 0) is 4.79 Å². The number of benzene rings is 2. The molecule has 1 aromatic heterocycles. The van der Waals surface area contributed by atoms with Gasteiger partial charge >= 0.3 is 5.76 Å². The highest BCUT2D eigenvalue weighted by Crippen LogP contribution is 2.26. The highest BCUT2D eigenvalue weighted by Gasteiger charge is 2.35. The van der Waals surface area contributed by atoms with Gasteiger partial charge in [0, 0.05) is 11.6 Å². The minimum Gasteiger partial charge on any atom is -0.384 e. The van der Waals surface area contributed by atoms with Crippen molar-refractivity contribution >= 4 is 17.6 Å². The first kappa shape index (κ1) is 26.1. The van der Waals surface area contributed by atoms with Crippen LogP contribution in [0.25, 0.3) is 5.69 Å². The molecule has 0 spiro atoms. The Balaban J connectivity index is 1.50. The zero-order valence-electron chi connectivity index (χ0n) is 21.1. The minimum atomic E-state index is -0.915. The summed E-state index contributed by atoms with van der Waals surface area (Å²) < 4.78 is 6.21. The molecule has 3 atom stereocenters. The van der Waals surface area contributed by atoms with Crippen LogP contribution in [-0.4, -0.2) is 39.5 Å². The molecular formula is C28H32N4O5. The van der Waals surface area contributed by atoms with Crippen molar-refractivity contribution < 1.29 is 18.8 Å². The van der Waals surface area contributed by atoms with Crippen molar-refractivity contribution in [3.05, 3.63) is 82.7 Å². The molecule has 0 aliphatic heterocycles. The van der Waals surface area contributed by atoms with E-state index < -0.39 is 23.5 Å². The number of hydrogen-bond donors (Lipinski definition) is 2. The van der Waals surface area contributed by atoms with Gasteiger partial charge in [-0.25, -0.2) is 4.79 Å². The van der Waals surface area contributed by atoms with Crippen LogP contribution >= 0.6 is 0 Å². The molecule has 1 saturated carbocycles. The van der Waals surface area contributed by atoms with Crippen molar-refractivity contribution in [3.8, 4) is 5.69 Å². The van der Waals surface area contributed by atoms with E-state index in [0.29, 0.717) is 30.5 Å². The van der Waals surface area contributed by atoms with Crippen molar-refractivity contribution in [2.24, 2.45) is 11.8 Å². The Bertz CT molecular complexity index is 1280. The third kappa shape index (κ3) is 6.41. The number of para-hydroxylation sites is 1. The van der Waals surface area contributed by atoms with Crippen molar-refractivity contribution in [1.29, 1.82) is 0 Å². The molecule has 3 aromatic rings. The van der Waals surface area contributed by atoms with Crippen molar-refractivity contribution in [3.63, 3.8) is 0 Å². The van der Waals surface area contributed by atoms with Gasteiger partial charge in [-0.1, -0.05) is 63.1 Å². The Morgan fingerprint density at radius 1 is 1.00 bits per heavy atom. The van der Waals surface area contributed by atoms with E-state index in [2.05, 4.69) is 15.7 Å². The van der Waals surface area contributed by atoms with Gasteiger partial charge in [0.15, 0.2) is 0 Å². The Kier molecular flexibility index (Phi) is 8.32. The number of nitrogens with zero attached hydrogens (tertiary/aromatic N) is 2. The van der Waals surface area contributed by atoms with Gasteiger partial charge in [0.2, 0.25) is 11.7 Å². The summed E-state index contributed by atoms with van der Waals surface area (Å²) in [5.74, 6) is -2.61. The van der Waals surface area contributed by atoms with Gasteiger partial charge in [-0.05, 0) is 49.4 Å². The predicted octanol–water partition coefficient (Wildman–Crippen LogP) is 3.53. The van der Waals surface area contributed by atoms with Crippen LogP contribution in [0.15, 0.2) is 69.9 Å².